The SMILES string of the molecule is C=CCC/C(=C\C)C(C1C=CC=CC1)N1CCN(/C(=C\C)c2cccnc2)C(CN)C1. The average Bonchev–Trinajstić information content (AvgIpc) is 2.83. The van der Waals surface area contributed by atoms with Crippen LogP contribution in [0.2, 0.25) is 0 Å². The summed E-state index contributed by atoms with van der Waals surface area (Å²) in [5.74, 6) is 0.505. The lowest BCUT2D eigenvalue weighted by atomic mass is 9.84. The van der Waals surface area contributed by atoms with Gasteiger partial charge in [0.1, 0.15) is 0 Å². The van der Waals surface area contributed by atoms with Crippen LogP contribution in [-0.2, 0) is 0 Å². The molecule has 1 aliphatic carbocycles. The molecule has 3 rings (SSSR count). The van der Waals surface area contributed by atoms with E-state index in [2.05, 4.69) is 77.7 Å². The highest BCUT2D eigenvalue weighted by atomic mass is 15.3. The molecule has 3 atom stereocenters. The van der Waals surface area contributed by atoms with E-state index in [0.29, 0.717) is 18.5 Å². The van der Waals surface area contributed by atoms with Crippen LogP contribution in [0, 0.1) is 5.92 Å². The maximum Gasteiger partial charge on any atom is 0.0540 e. The zero-order valence-corrected chi connectivity index (χ0v) is 19.2. The number of nitrogens with zero attached hydrogens (tertiary/aromatic N) is 3. The number of hydrogen-bond donors (Lipinski definition) is 1. The molecule has 0 spiro atoms. The van der Waals surface area contributed by atoms with Crippen molar-refractivity contribution in [3.05, 3.63) is 84.8 Å². The van der Waals surface area contributed by atoms with Crippen molar-refractivity contribution in [3.63, 3.8) is 0 Å². The summed E-state index contributed by atoms with van der Waals surface area (Å²) in [5.41, 5.74) is 10.2. The van der Waals surface area contributed by atoms with Gasteiger partial charge in [0.2, 0.25) is 0 Å². The fourth-order valence-electron chi connectivity index (χ4n) is 5.01. The Morgan fingerprint density at radius 1 is 1.29 bits per heavy atom. The number of allylic oxidation sites excluding steroid dienone is 6. The van der Waals surface area contributed by atoms with Crippen LogP contribution in [0.3, 0.4) is 0 Å². The number of pyridine rings is 1. The van der Waals surface area contributed by atoms with Gasteiger partial charge >= 0.3 is 0 Å². The van der Waals surface area contributed by atoms with E-state index in [1.807, 2.05) is 24.5 Å². The summed E-state index contributed by atoms with van der Waals surface area (Å²) >= 11 is 0. The summed E-state index contributed by atoms with van der Waals surface area (Å²) in [6.45, 7) is 11.8. The third kappa shape index (κ3) is 5.63. The van der Waals surface area contributed by atoms with E-state index in [0.717, 1.165) is 44.5 Å². The first kappa shape index (κ1) is 23.2. The van der Waals surface area contributed by atoms with Gasteiger partial charge in [0.05, 0.1) is 6.04 Å². The predicted molar refractivity (Wildman–Crippen MR) is 132 cm³/mol. The maximum atomic E-state index is 6.33. The van der Waals surface area contributed by atoms with E-state index in [9.17, 15) is 0 Å². The van der Waals surface area contributed by atoms with Gasteiger partial charge in [-0.3, -0.25) is 9.88 Å². The van der Waals surface area contributed by atoms with Crippen molar-refractivity contribution in [3.8, 4) is 0 Å². The second-order valence-electron chi connectivity index (χ2n) is 8.34. The zero-order chi connectivity index (χ0) is 22.1. The van der Waals surface area contributed by atoms with E-state index in [1.165, 1.54) is 11.3 Å². The van der Waals surface area contributed by atoms with Gasteiger partial charge < -0.3 is 10.6 Å². The molecule has 1 fully saturated rings. The molecule has 1 aliphatic heterocycles. The normalized spacial score (nSPS) is 23.8. The Labute approximate surface area is 188 Å². The Kier molecular flexibility index (Phi) is 8.86. The molecule has 0 bridgehead atoms. The first-order valence-corrected chi connectivity index (χ1v) is 11.6. The first-order chi connectivity index (χ1) is 15.2. The molecule has 4 nitrogen and oxygen atoms in total. The van der Waals surface area contributed by atoms with Crippen molar-refractivity contribution in [1.29, 1.82) is 0 Å². The van der Waals surface area contributed by atoms with E-state index in [1.54, 1.807) is 0 Å². The fraction of sp³-hybridized carbons (Fsp3) is 0.444. The van der Waals surface area contributed by atoms with Gasteiger partial charge in [-0.25, -0.2) is 0 Å². The van der Waals surface area contributed by atoms with E-state index in [-0.39, 0.29) is 6.04 Å². The molecule has 0 saturated carbocycles. The minimum atomic E-state index is 0.281. The van der Waals surface area contributed by atoms with Crippen LogP contribution in [0.4, 0.5) is 0 Å². The molecule has 31 heavy (non-hydrogen) atoms. The monoisotopic (exact) mass is 418 g/mol. The summed E-state index contributed by atoms with van der Waals surface area (Å²) in [6.07, 6.45) is 22.6. The van der Waals surface area contributed by atoms with Gasteiger partial charge in [-0.2, -0.15) is 0 Å². The summed E-state index contributed by atoms with van der Waals surface area (Å²) < 4.78 is 0. The van der Waals surface area contributed by atoms with E-state index >= 15 is 0 Å². The Hall–Kier alpha value is -2.43. The van der Waals surface area contributed by atoms with Crippen molar-refractivity contribution in [2.24, 2.45) is 11.7 Å². The second kappa shape index (κ2) is 11.8. The molecule has 2 N–H and O–H groups in total. The Morgan fingerprint density at radius 3 is 2.77 bits per heavy atom. The third-order valence-electron chi connectivity index (χ3n) is 6.53. The molecule has 3 unspecified atom stereocenters. The molecule has 1 aromatic heterocycles. The lowest BCUT2D eigenvalue weighted by Gasteiger charge is -2.48. The van der Waals surface area contributed by atoms with Crippen LogP contribution in [0.15, 0.2) is 79.2 Å². The number of rotatable bonds is 9. The molecule has 1 aromatic rings. The third-order valence-corrected chi connectivity index (χ3v) is 6.53. The highest BCUT2D eigenvalue weighted by Gasteiger charge is 2.35. The van der Waals surface area contributed by atoms with E-state index < -0.39 is 0 Å². The maximum absolute atomic E-state index is 6.33. The summed E-state index contributed by atoms with van der Waals surface area (Å²) in [5, 5.41) is 0. The minimum Gasteiger partial charge on any atom is -0.364 e. The molecular weight excluding hydrogens is 380 g/mol. The highest BCUT2D eigenvalue weighted by molar-refractivity contribution is 5.63. The zero-order valence-electron chi connectivity index (χ0n) is 19.2. The summed E-state index contributed by atoms with van der Waals surface area (Å²) in [7, 11) is 0. The largest absolute Gasteiger partial charge is 0.364 e. The molecule has 2 aliphatic rings. The summed E-state index contributed by atoms with van der Waals surface area (Å²) in [6, 6.07) is 4.83. The Balaban J connectivity index is 1.83. The van der Waals surface area contributed by atoms with Crippen LogP contribution in [0.25, 0.3) is 5.70 Å². The van der Waals surface area contributed by atoms with Crippen molar-refractivity contribution in [2.45, 2.75) is 45.2 Å². The summed E-state index contributed by atoms with van der Waals surface area (Å²) in [4.78, 5) is 9.49. The van der Waals surface area contributed by atoms with Crippen LogP contribution in [0.1, 0.15) is 38.7 Å². The van der Waals surface area contributed by atoms with Crippen molar-refractivity contribution < 1.29 is 0 Å². The van der Waals surface area contributed by atoms with E-state index in [4.69, 9.17) is 5.73 Å². The Bertz CT molecular complexity index is 821. The lowest BCUT2D eigenvalue weighted by Crippen LogP contribution is -2.58. The number of hydrogen-bond acceptors (Lipinski definition) is 4. The predicted octanol–water partition coefficient (Wildman–Crippen LogP) is 4.80. The standard InChI is InChI=1S/C27H38N4/c1-4-7-12-22(5-2)27(23-13-9-8-10-14-23)30-17-18-31(25(19-28)21-30)26(6-3)24-15-11-16-29-20-24/h4-6,8-11,13,15-16,20,23,25,27H,1,7,12,14,17-19,21,28H2,2-3H3/b22-5+,26-6-. The average molecular weight is 419 g/mol. The molecule has 2 heterocycles. The molecule has 0 amide bonds. The molecule has 0 aromatic carbocycles. The molecule has 1 saturated heterocycles. The van der Waals surface area contributed by atoms with Crippen LogP contribution < -0.4 is 5.73 Å². The first-order valence-electron chi connectivity index (χ1n) is 11.6. The number of aromatic nitrogens is 1. The molecular formula is C27H38N4. The minimum absolute atomic E-state index is 0.281. The number of nitrogens with two attached hydrogens (primary N) is 1. The smallest absolute Gasteiger partial charge is 0.0540 e. The van der Waals surface area contributed by atoms with Crippen LogP contribution >= 0.6 is 0 Å². The van der Waals surface area contributed by atoms with Gasteiger partial charge in [-0.1, -0.05) is 48.1 Å². The Morgan fingerprint density at radius 2 is 2.16 bits per heavy atom. The van der Waals surface area contributed by atoms with Crippen molar-refractivity contribution in [1.82, 2.24) is 14.8 Å². The lowest BCUT2D eigenvalue weighted by molar-refractivity contribution is 0.0817. The molecule has 166 valence electrons. The van der Waals surface area contributed by atoms with Gasteiger partial charge in [0.25, 0.3) is 0 Å². The van der Waals surface area contributed by atoms with Gasteiger partial charge in [-0.05, 0) is 51.2 Å². The van der Waals surface area contributed by atoms with Gasteiger partial charge in [-0.15, -0.1) is 6.58 Å². The quantitative estimate of drug-likeness (QED) is 0.585. The number of piperazine rings is 1. The van der Waals surface area contributed by atoms with Crippen molar-refractivity contribution in [2.75, 3.05) is 26.2 Å². The van der Waals surface area contributed by atoms with Crippen molar-refractivity contribution >= 4 is 5.70 Å². The van der Waals surface area contributed by atoms with Gasteiger partial charge in [0, 0.05) is 55.9 Å². The van der Waals surface area contributed by atoms with Gasteiger partial charge in [0.15, 0.2) is 0 Å². The molecule has 4 heteroatoms. The topological polar surface area (TPSA) is 45.4 Å². The fourth-order valence-corrected chi connectivity index (χ4v) is 5.01. The molecule has 0 radical (unpaired) electrons. The van der Waals surface area contributed by atoms with Crippen LogP contribution in [0.5, 0.6) is 0 Å². The van der Waals surface area contributed by atoms with Crippen LogP contribution in [-0.4, -0.2) is 53.0 Å². The second-order valence-corrected chi connectivity index (χ2v) is 8.34. The highest BCUT2D eigenvalue weighted by Crippen LogP contribution is 2.32.